The van der Waals surface area contributed by atoms with E-state index in [-0.39, 0.29) is 24.1 Å². The SMILES string of the molecule is CCNC(=O)c1ccccc1-c1ccc(CNC(=O)C(CCCc2ccccc2)NC(=O)CC(C)(C)N)cc1. The summed E-state index contributed by atoms with van der Waals surface area (Å²) in [4.78, 5) is 38.2. The summed E-state index contributed by atoms with van der Waals surface area (Å²) in [7, 11) is 0. The maximum absolute atomic E-state index is 13.1. The summed E-state index contributed by atoms with van der Waals surface area (Å²) in [6.07, 6.45) is 2.23. The van der Waals surface area contributed by atoms with E-state index in [9.17, 15) is 14.4 Å². The molecule has 0 aliphatic heterocycles. The highest BCUT2D eigenvalue weighted by molar-refractivity contribution is 6.00. The first-order valence-corrected chi connectivity index (χ1v) is 13.5. The van der Waals surface area contributed by atoms with Crippen LogP contribution in [-0.4, -0.2) is 35.8 Å². The second-order valence-corrected chi connectivity index (χ2v) is 10.5. The number of amides is 3. The molecule has 7 heteroatoms. The number of carbonyl (C=O) groups is 3. The summed E-state index contributed by atoms with van der Waals surface area (Å²) in [5.74, 6) is -0.572. The van der Waals surface area contributed by atoms with E-state index >= 15 is 0 Å². The third-order valence-electron chi connectivity index (χ3n) is 6.31. The van der Waals surface area contributed by atoms with Gasteiger partial charge in [-0.3, -0.25) is 14.4 Å². The van der Waals surface area contributed by atoms with Crippen LogP contribution in [0.2, 0.25) is 0 Å². The molecule has 3 aromatic carbocycles. The number of nitrogens with two attached hydrogens (primary N) is 1. The van der Waals surface area contributed by atoms with Crippen LogP contribution in [0.4, 0.5) is 0 Å². The van der Waals surface area contributed by atoms with Crippen molar-refractivity contribution in [1.82, 2.24) is 16.0 Å². The lowest BCUT2D eigenvalue weighted by Crippen LogP contribution is -2.49. The molecular formula is C32H40N4O3. The molecular weight excluding hydrogens is 488 g/mol. The first kappa shape index (κ1) is 29.6. The minimum absolute atomic E-state index is 0.109. The zero-order chi connectivity index (χ0) is 28.3. The summed E-state index contributed by atoms with van der Waals surface area (Å²) in [6.45, 7) is 6.35. The van der Waals surface area contributed by atoms with Gasteiger partial charge in [0.15, 0.2) is 0 Å². The van der Waals surface area contributed by atoms with Crippen LogP contribution in [0.25, 0.3) is 11.1 Å². The van der Waals surface area contributed by atoms with Crippen molar-refractivity contribution in [3.05, 3.63) is 95.6 Å². The van der Waals surface area contributed by atoms with Gasteiger partial charge < -0.3 is 21.7 Å². The van der Waals surface area contributed by atoms with Crippen LogP contribution in [-0.2, 0) is 22.6 Å². The van der Waals surface area contributed by atoms with Crippen molar-refractivity contribution in [1.29, 1.82) is 0 Å². The molecule has 0 bridgehead atoms. The van der Waals surface area contributed by atoms with Gasteiger partial charge in [0.2, 0.25) is 11.8 Å². The van der Waals surface area contributed by atoms with Crippen molar-refractivity contribution in [3.8, 4) is 11.1 Å². The van der Waals surface area contributed by atoms with Crippen molar-refractivity contribution >= 4 is 17.7 Å². The second kappa shape index (κ2) is 14.3. The molecule has 3 amide bonds. The van der Waals surface area contributed by atoms with Crippen LogP contribution in [0.15, 0.2) is 78.9 Å². The Kier molecular flexibility index (Phi) is 10.8. The number of hydrogen-bond acceptors (Lipinski definition) is 4. The van der Waals surface area contributed by atoms with Crippen LogP contribution in [0.1, 0.15) is 61.5 Å². The molecule has 3 rings (SSSR count). The van der Waals surface area contributed by atoms with Crippen molar-refractivity contribution in [3.63, 3.8) is 0 Å². The molecule has 1 atom stereocenters. The monoisotopic (exact) mass is 528 g/mol. The maximum atomic E-state index is 13.1. The van der Waals surface area contributed by atoms with Gasteiger partial charge in [0.05, 0.1) is 0 Å². The van der Waals surface area contributed by atoms with Gasteiger partial charge >= 0.3 is 0 Å². The quantitative estimate of drug-likeness (QED) is 0.264. The fourth-order valence-corrected chi connectivity index (χ4v) is 4.39. The van der Waals surface area contributed by atoms with Gasteiger partial charge in [0, 0.05) is 30.6 Å². The summed E-state index contributed by atoms with van der Waals surface area (Å²) >= 11 is 0. The van der Waals surface area contributed by atoms with Gasteiger partial charge in [-0.25, -0.2) is 0 Å². The molecule has 0 saturated heterocycles. The molecule has 0 fully saturated rings. The molecule has 7 nitrogen and oxygen atoms in total. The Hall–Kier alpha value is -3.97. The zero-order valence-corrected chi connectivity index (χ0v) is 23.1. The topological polar surface area (TPSA) is 113 Å². The molecule has 0 aliphatic carbocycles. The molecule has 206 valence electrons. The minimum Gasteiger partial charge on any atom is -0.352 e. The first-order valence-electron chi connectivity index (χ1n) is 13.5. The summed E-state index contributed by atoms with van der Waals surface area (Å²) < 4.78 is 0. The molecule has 0 spiro atoms. The second-order valence-electron chi connectivity index (χ2n) is 10.5. The smallest absolute Gasteiger partial charge is 0.251 e. The van der Waals surface area contributed by atoms with E-state index in [0.717, 1.165) is 29.5 Å². The van der Waals surface area contributed by atoms with E-state index in [2.05, 4.69) is 28.1 Å². The average Bonchev–Trinajstić information content (AvgIpc) is 2.91. The van der Waals surface area contributed by atoms with Crippen molar-refractivity contribution in [2.24, 2.45) is 5.73 Å². The number of rotatable bonds is 13. The Labute approximate surface area is 231 Å². The fourth-order valence-electron chi connectivity index (χ4n) is 4.39. The minimum atomic E-state index is -0.660. The highest BCUT2D eigenvalue weighted by Crippen LogP contribution is 2.24. The molecule has 0 saturated carbocycles. The van der Waals surface area contributed by atoms with E-state index in [0.29, 0.717) is 25.1 Å². The maximum Gasteiger partial charge on any atom is 0.251 e. The summed E-state index contributed by atoms with van der Waals surface area (Å²) in [6, 6.07) is 24.7. The number of hydrogen-bond donors (Lipinski definition) is 4. The van der Waals surface area contributed by atoms with Crippen molar-refractivity contribution in [2.45, 2.75) is 64.6 Å². The standard InChI is InChI=1S/C32H40N4O3/c1-4-34-30(38)27-15-9-8-14-26(27)25-19-17-24(18-20-25)22-35-31(39)28(36-29(37)21-32(2,3)33)16-10-13-23-11-6-5-7-12-23/h5-9,11-12,14-15,17-20,28H,4,10,13,16,21-22,33H2,1-3H3,(H,34,38)(H,35,39)(H,36,37). The molecule has 5 N–H and O–H groups in total. The van der Waals surface area contributed by atoms with E-state index in [1.807, 2.05) is 73.7 Å². The van der Waals surface area contributed by atoms with Crippen LogP contribution in [0.5, 0.6) is 0 Å². The first-order chi connectivity index (χ1) is 18.7. The van der Waals surface area contributed by atoms with Crippen molar-refractivity contribution in [2.75, 3.05) is 6.54 Å². The number of benzene rings is 3. The Bertz CT molecular complexity index is 1230. The molecule has 0 aromatic heterocycles. The van der Waals surface area contributed by atoms with Crippen LogP contribution in [0.3, 0.4) is 0 Å². The van der Waals surface area contributed by atoms with E-state index < -0.39 is 11.6 Å². The van der Waals surface area contributed by atoms with E-state index in [1.165, 1.54) is 5.56 Å². The third-order valence-corrected chi connectivity index (χ3v) is 6.31. The van der Waals surface area contributed by atoms with Crippen LogP contribution in [0, 0.1) is 0 Å². The lowest BCUT2D eigenvalue weighted by Gasteiger charge is -2.22. The molecule has 39 heavy (non-hydrogen) atoms. The number of aryl methyl sites for hydroxylation is 1. The van der Waals surface area contributed by atoms with Gasteiger partial charge in [0.25, 0.3) is 5.91 Å². The fraction of sp³-hybridized carbons (Fsp3) is 0.344. The highest BCUT2D eigenvalue weighted by Gasteiger charge is 2.23. The number of carbonyl (C=O) groups excluding carboxylic acids is 3. The van der Waals surface area contributed by atoms with Crippen LogP contribution < -0.4 is 21.7 Å². The predicted molar refractivity (Wildman–Crippen MR) is 156 cm³/mol. The normalized spacial score (nSPS) is 11.9. The lowest BCUT2D eigenvalue weighted by molar-refractivity contribution is -0.129. The zero-order valence-electron chi connectivity index (χ0n) is 23.1. The van der Waals surface area contributed by atoms with Gasteiger partial charge in [-0.15, -0.1) is 0 Å². The van der Waals surface area contributed by atoms with Gasteiger partial charge in [-0.1, -0.05) is 72.8 Å². The van der Waals surface area contributed by atoms with Gasteiger partial charge in [0.1, 0.15) is 6.04 Å². The van der Waals surface area contributed by atoms with Gasteiger partial charge in [-0.05, 0) is 68.4 Å². The molecule has 0 aliphatic rings. The van der Waals surface area contributed by atoms with Crippen LogP contribution >= 0.6 is 0 Å². The molecule has 0 radical (unpaired) electrons. The Morgan fingerprint density at radius 1 is 0.846 bits per heavy atom. The van der Waals surface area contributed by atoms with E-state index in [1.54, 1.807) is 13.8 Å². The molecule has 3 aromatic rings. The summed E-state index contributed by atoms with van der Waals surface area (Å²) in [5.41, 5.74) is 9.85. The van der Waals surface area contributed by atoms with Gasteiger partial charge in [-0.2, -0.15) is 0 Å². The Balaban J connectivity index is 1.63. The average molecular weight is 529 g/mol. The number of nitrogens with one attached hydrogen (secondary N) is 3. The molecule has 1 unspecified atom stereocenters. The lowest BCUT2D eigenvalue weighted by atomic mass is 9.98. The van der Waals surface area contributed by atoms with Crippen molar-refractivity contribution < 1.29 is 14.4 Å². The Morgan fingerprint density at radius 3 is 2.18 bits per heavy atom. The largest absolute Gasteiger partial charge is 0.352 e. The molecule has 0 heterocycles. The summed E-state index contributed by atoms with van der Waals surface area (Å²) in [5, 5.41) is 8.71. The highest BCUT2D eigenvalue weighted by atomic mass is 16.2. The predicted octanol–water partition coefficient (Wildman–Crippen LogP) is 4.35. The van der Waals surface area contributed by atoms with E-state index in [4.69, 9.17) is 5.73 Å². The third kappa shape index (κ3) is 9.69. The Morgan fingerprint density at radius 2 is 1.51 bits per heavy atom.